The summed E-state index contributed by atoms with van der Waals surface area (Å²) in [4.78, 5) is 26.8. The van der Waals surface area contributed by atoms with Gasteiger partial charge in [0.15, 0.2) is 5.65 Å². The van der Waals surface area contributed by atoms with Crippen LogP contribution in [0.3, 0.4) is 0 Å². The van der Waals surface area contributed by atoms with Gasteiger partial charge in [0.2, 0.25) is 11.9 Å². The summed E-state index contributed by atoms with van der Waals surface area (Å²) in [5.41, 5.74) is 3.25. The van der Waals surface area contributed by atoms with E-state index in [2.05, 4.69) is 20.7 Å². The average molecular weight is 351 g/mol. The zero-order chi connectivity index (χ0) is 18.1. The van der Waals surface area contributed by atoms with E-state index in [1.165, 1.54) is 0 Å². The second kappa shape index (κ2) is 6.47. The lowest BCUT2D eigenvalue weighted by atomic mass is 10.1. The normalized spacial score (nSPS) is 13.5. The molecule has 0 aliphatic heterocycles. The number of amides is 2. The van der Waals surface area contributed by atoms with Crippen LogP contribution in [0.4, 0.5) is 10.7 Å². The van der Waals surface area contributed by atoms with E-state index in [0.717, 1.165) is 29.7 Å². The summed E-state index contributed by atoms with van der Waals surface area (Å²) in [6.45, 7) is 0.250. The fourth-order valence-corrected chi connectivity index (χ4v) is 2.71. The molecule has 0 saturated heterocycles. The van der Waals surface area contributed by atoms with Crippen LogP contribution in [0.1, 0.15) is 18.4 Å². The molecule has 2 aromatic heterocycles. The smallest absolute Gasteiger partial charge is 0.404 e. The largest absolute Gasteiger partial charge is 0.465 e. The van der Waals surface area contributed by atoms with Crippen molar-refractivity contribution in [3.63, 3.8) is 0 Å². The van der Waals surface area contributed by atoms with Crippen LogP contribution >= 0.6 is 0 Å². The quantitative estimate of drug-likeness (QED) is 0.654. The zero-order valence-corrected chi connectivity index (χ0v) is 13.8. The number of fused-ring (bicyclic) bond motifs is 1. The van der Waals surface area contributed by atoms with Gasteiger partial charge in [-0.3, -0.25) is 10.1 Å². The van der Waals surface area contributed by atoms with Gasteiger partial charge in [0.1, 0.15) is 0 Å². The molecule has 1 fully saturated rings. The van der Waals surface area contributed by atoms with Gasteiger partial charge in [-0.1, -0.05) is 30.3 Å². The molecule has 3 aromatic rings. The maximum atomic E-state index is 11.9. The highest BCUT2D eigenvalue weighted by Crippen LogP contribution is 2.30. The summed E-state index contributed by atoms with van der Waals surface area (Å²) in [6, 6.07) is 13.1. The molecule has 1 aliphatic carbocycles. The summed E-state index contributed by atoms with van der Waals surface area (Å²) in [5, 5.41) is 18.2. The first kappa shape index (κ1) is 16.1. The molecule has 2 amide bonds. The number of pyridine rings is 1. The van der Waals surface area contributed by atoms with Crippen molar-refractivity contribution in [2.45, 2.75) is 19.4 Å². The molecule has 0 radical (unpaired) electrons. The lowest BCUT2D eigenvalue weighted by Crippen LogP contribution is -2.19. The molecule has 3 N–H and O–H groups in total. The Morgan fingerprint density at radius 2 is 1.92 bits per heavy atom. The first-order valence-electron chi connectivity index (χ1n) is 8.33. The molecule has 8 heteroatoms. The first-order valence-corrected chi connectivity index (χ1v) is 8.33. The van der Waals surface area contributed by atoms with Crippen LogP contribution in [-0.2, 0) is 11.3 Å². The minimum absolute atomic E-state index is 0.0299. The van der Waals surface area contributed by atoms with Gasteiger partial charge < -0.3 is 10.4 Å². The highest BCUT2D eigenvalue weighted by Gasteiger charge is 2.30. The third-order valence-electron chi connectivity index (χ3n) is 4.24. The molecule has 1 saturated carbocycles. The Balaban J connectivity index is 1.60. The maximum Gasteiger partial charge on any atom is 0.404 e. The van der Waals surface area contributed by atoms with Gasteiger partial charge in [0.05, 0.1) is 5.69 Å². The molecular formula is C18H17N5O3. The van der Waals surface area contributed by atoms with Crippen LogP contribution in [0.15, 0.2) is 42.5 Å². The van der Waals surface area contributed by atoms with Crippen molar-refractivity contribution in [1.82, 2.24) is 19.9 Å². The summed E-state index contributed by atoms with van der Waals surface area (Å²) in [7, 11) is 0. The molecule has 8 nitrogen and oxygen atoms in total. The Kier molecular flexibility index (Phi) is 4.00. The predicted octanol–water partition coefficient (Wildman–Crippen LogP) is 2.51. The number of hydrogen-bond acceptors (Lipinski definition) is 4. The molecule has 0 bridgehead atoms. The second-order valence-corrected chi connectivity index (χ2v) is 6.24. The Bertz CT molecular complexity index is 976. The van der Waals surface area contributed by atoms with E-state index in [1.807, 2.05) is 42.5 Å². The number of anilines is 1. The number of benzene rings is 1. The van der Waals surface area contributed by atoms with Crippen LogP contribution in [0.2, 0.25) is 0 Å². The number of nitrogens with zero attached hydrogens (tertiary/aromatic N) is 3. The first-order chi connectivity index (χ1) is 12.6. The molecule has 2 heterocycles. The van der Waals surface area contributed by atoms with Crippen LogP contribution < -0.4 is 10.6 Å². The minimum atomic E-state index is -1.05. The average Bonchev–Trinajstić information content (AvgIpc) is 3.40. The van der Waals surface area contributed by atoms with Gasteiger partial charge >= 0.3 is 6.09 Å². The van der Waals surface area contributed by atoms with E-state index >= 15 is 0 Å². The van der Waals surface area contributed by atoms with Gasteiger partial charge in [0.25, 0.3) is 0 Å². The van der Waals surface area contributed by atoms with E-state index in [0.29, 0.717) is 11.6 Å². The van der Waals surface area contributed by atoms with Gasteiger partial charge in [-0.05, 0) is 30.5 Å². The molecule has 0 atom stereocenters. The van der Waals surface area contributed by atoms with Gasteiger partial charge in [-0.25, -0.2) is 9.31 Å². The summed E-state index contributed by atoms with van der Waals surface area (Å²) < 4.78 is 1.69. The molecule has 1 aliphatic rings. The van der Waals surface area contributed by atoms with Crippen molar-refractivity contribution in [1.29, 1.82) is 0 Å². The van der Waals surface area contributed by atoms with Gasteiger partial charge in [-0.15, -0.1) is 5.10 Å². The molecular weight excluding hydrogens is 334 g/mol. The van der Waals surface area contributed by atoms with Crippen molar-refractivity contribution in [3.8, 4) is 11.3 Å². The van der Waals surface area contributed by atoms with E-state index in [4.69, 9.17) is 5.11 Å². The third kappa shape index (κ3) is 3.34. The predicted molar refractivity (Wildman–Crippen MR) is 94.6 cm³/mol. The molecule has 0 spiro atoms. The Labute approximate surface area is 148 Å². The van der Waals surface area contributed by atoms with Crippen LogP contribution in [0, 0.1) is 5.92 Å². The molecule has 0 unspecified atom stereocenters. The monoisotopic (exact) mass is 351 g/mol. The van der Waals surface area contributed by atoms with Crippen molar-refractivity contribution in [2.75, 3.05) is 5.32 Å². The lowest BCUT2D eigenvalue weighted by molar-refractivity contribution is -0.117. The number of carbonyl (C=O) groups excluding carboxylic acids is 1. The standard InChI is InChI=1S/C18H17N5O3/c24-16(13-8-9-13)21-17-20-15-3-1-2-14(23(15)22-17)12-6-4-11(5-7-12)10-19-18(25)26/h1-7,13,19H,8-10H2,(H,25,26)(H,21,22,24). The number of nitrogens with one attached hydrogen (secondary N) is 2. The lowest BCUT2D eigenvalue weighted by Gasteiger charge is -2.06. The Hall–Kier alpha value is -3.42. The highest BCUT2D eigenvalue weighted by atomic mass is 16.4. The van der Waals surface area contributed by atoms with Gasteiger partial charge in [0, 0.05) is 18.0 Å². The molecule has 26 heavy (non-hydrogen) atoms. The molecule has 132 valence electrons. The zero-order valence-electron chi connectivity index (χ0n) is 13.8. The highest BCUT2D eigenvalue weighted by molar-refractivity contribution is 5.92. The van der Waals surface area contributed by atoms with Crippen LogP contribution in [0.25, 0.3) is 16.9 Å². The van der Waals surface area contributed by atoms with E-state index in [9.17, 15) is 9.59 Å². The SMILES string of the molecule is O=C(O)NCc1ccc(-c2cccc3nc(NC(=O)C4CC4)nn23)cc1. The number of hydrogen-bond donors (Lipinski definition) is 3. The molecule has 1 aromatic carbocycles. The van der Waals surface area contributed by atoms with Crippen molar-refractivity contribution in [3.05, 3.63) is 48.0 Å². The second-order valence-electron chi connectivity index (χ2n) is 6.24. The Morgan fingerprint density at radius 1 is 1.15 bits per heavy atom. The number of carbonyl (C=O) groups is 2. The summed E-state index contributed by atoms with van der Waals surface area (Å²) >= 11 is 0. The fourth-order valence-electron chi connectivity index (χ4n) is 2.71. The Morgan fingerprint density at radius 3 is 2.62 bits per heavy atom. The topological polar surface area (TPSA) is 109 Å². The van der Waals surface area contributed by atoms with Crippen molar-refractivity contribution >= 4 is 23.6 Å². The van der Waals surface area contributed by atoms with Crippen LogP contribution in [0.5, 0.6) is 0 Å². The van der Waals surface area contributed by atoms with E-state index in [1.54, 1.807) is 4.52 Å². The number of carboxylic acid groups (broad SMARTS) is 1. The third-order valence-corrected chi connectivity index (χ3v) is 4.24. The molecule has 4 rings (SSSR count). The van der Waals surface area contributed by atoms with Crippen molar-refractivity contribution < 1.29 is 14.7 Å². The van der Waals surface area contributed by atoms with E-state index in [-0.39, 0.29) is 18.4 Å². The summed E-state index contributed by atoms with van der Waals surface area (Å²) in [5.74, 6) is 0.363. The number of rotatable bonds is 5. The summed E-state index contributed by atoms with van der Waals surface area (Å²) in [6.07, 6.45) is 0.795. The number of aromatic nitrogens is 3. The van der Waals surface area contributed by atoms with Gasteiger partial charge in [-0.2, -0.15) is 4.98 Å². The maximum absolute atomic E-state index is 11.9. The van der Waals surface area contributed by atoms with Crippen molar-refractivity contribution in [2.24, 2.45) is 5.92 Å². The fraction of sp³-hybridized carbons (Fsp3) is 0.222. The minimum Gasteiger partial charge on any atom is -0.465 e. The van der Waals surface area contributed by atoms with Crippen LogP contribution in [-0.4, -0.2) is 31.7 Å². The van der Waals surface area contributed by atoms with E-state index < -0.39 is 6.09 Å².